The molecular formula is C24H20N4O4S. The number of aromatic nitrogens is 3. The summed E-state index contributed by atoms with van der Waals surface area (Å²) < 4.78 is 33.8. The summed E-state index contributed by atoms with van der Waals surface area (Å²) in [6.45, 7) is 0. The van der Waals surface area contributed by atoms with E-state index in [0.29, 0.717) is 28.3 Å². The van der Waals surface area contributed by atoms with Crippen LogP contribution < -0.4 is 9.46 Å². The van der Waals surface area contributed by atoms with Crippen LogP contribution in [-0.4, -0.2) is 41.4 Å². The highest BCUT2D eigenvalue weighted by molar-refractivity contribution is 7.92. The third kappa shape index (κ3) is 4.71. The molecule has 0 saturated carbocycles. The van der Waals surface area contributed by atoms with E-state index in [-0.39, 0.29) is 23.7 Å². The van der Waals surface area contributed by atoms with Crippen LogP contribution in [0.3, 0.4) is 0 Å². The molecule has 166 valence electrons. The average molecular weight is 461 g/mol. The molecule has 2 aromatic heterocycles. The van der Waals surface area contributed by atoms with Crippen LogP contribution in [0.5, 0.6) is 5.75 Å². The average Bonchev–Trinajstić information content (AvgIpc) is 3.26. The van der Waals surface area contributed by atoms with E-state index in [1.165, 1.54) is 6.33 Å². The zero-order chi connectivity index (χ0) is 23.4. The summed E-state index contributed by atoms with van der Waals surface area (Å²) in [5.74, 6) is 2.55. The number of benzene rings is 2. The van der Waals surface area contributed by atoms with Crippen LogP contribution in [0, 0.1) is 12.3 Å². The van der Waals surface area contributed by atoms with Gasteiger partial charge in [-0.05, 0) is 42.5 Å². The summed E-state index contributed by atoms with van der Waals surface area (Å²) in [6, 6.07) is 15.5. The molecule has 4 rings (SSSR count). The molecule has 4 aromatic rings. The molecule has 1 N–H and O–H groups in total. The summed E-state index contributed by atoms with van der Waals surface area (Å²) in [4.78, 5) is 21.7. The third-order valence-electron chi connectivity index (χ3n) is 4.95. The van der Waals surface area contributed by atoms with E-state index in [1.807, 2.05) is 6.07 Å². The fourth-order valence-electron chi connectivity index (χ4n) is 3.34. The van der Waals surface area contributed by atoms with Gasteiger partial charge in [0.05, 0.1) is 18.6 Å². The summed E-state index contributed by atoms with van der Waals surface area (Å²) >= 11 is 0. The van der Waals surface area contributed by atoms with Gasteiger partial charge in [0, 0.05) is 29.4 Å². The maximum absolute atomic E-state index is 13.0. The number of ether oxygens (including phenoxy) is 1. The Kier molecular flexibility index (Phi) is 6.11. The van der Waals surface area contributed by atoms with E-state index in [4.69, 9.17) is 11.2 Å². The van der Waals surface area contributed by atoms with Gasteiger partial charge in [0.2, 0.25) is 15.8 Å². The number of carbonyl (C=O) groups excluding carboxylic acids is 1. The summed E-state index contributed by atoms with van der Waals surface area (Å²) in [7, 11) is -2.00. The first-order chi connectivity index (χ1) is 15.9. The van der Waals surface area contributed by atoms with Crippen LogP contribution in [0.4, 0.5) is 5.69 Å². The molecule has 0 aliphatic heterocycles. The van der Waals surface area contributed by atoms with Gasteiger partial charge < -0.3 is 4.74 Å². The fraction of sp³-hybridized carbons (Fsp3) is 0.125. The first-order valence-electron chi connectivity index (χ1n) is 9.97. The molecule has 8 nitrogen and oxygen atoms in total. The molecule has 0 atom stereocenters. The van der Waals surface area contributed by atoms with Gasteiger partial charge in [0.15, 0.2) is 11.3 Å². The number of hydrogen-bond donors (Lipinski definition) is 1. The summed E-state index contributed by atoms with van der Waals surface area (Å²) in [5.41, 5.74) is 2.91. The molecule has 0 bridgehead atoms. The van der Waals surface area contributed by atoms with Crippen molar-refractivity contribution in [1.29, 1.82) is 0 Å². The molecular weight excluding hydrogens is 440 g/mol. The van der Waals surface area contributed by atoms with E-state index >= 15 is 0 Å². The molecule has 0 saturated heterocycles. The van der Waals surface area contributed by atoms with Gasteiger partial charge in [-0.1, -0.05) is 12.1 Å². The SMILES string of the molecule is C#CCCS(=O)(=O)Nc1cccc(-c2ccnc3c(C(=O)c4ccc(OC)cc4)ncn23)c1. The van der Waals surface area contributed by atoms with Gasteiger partial charge in [-0.3, -0.25) is 13.9 Å². The Labute approximate surface area is 191 Å². The lowest BCUT2D eigenvalue weighted by molar-refractivity contribution is 0.103. The maximum atomic E-state index is 13.0. The smallest absolute Gasteiger partial charge is 0.233 e. The van der Waals surface area contributed by atoms with E-state index in [0.717, 1.165) is 5.56 Å². The van der Waals surface area contributed by atoms with Crippen molar-refractivity contribution in [2.75, 3.05) is 17.6 Å². The first kappa shape index (κ1) is 22.0. The highest BCUT2D eigenvalue weighted by Gasteiger charge is 2.19. The minimum atomic E-state index is -3.56. The number of imidazole rings is 1. The first-order valence-corrected chi connectivity index (χ1v) is 11.6. The zero-order valence-electron chi connectivity index (χ0n) is 17.7. The second kappa shape index (κ2) is 9.14. The van der Waals surface area contributed by atoms with Gasteiger partial charge in [0.25, 0.3) is 0 Å². The van der Waals surface area contributed by atoms with E-state index in [2.05, 4.69) is 20.6 Å². The van der Waals surface area contributed by atoms with Gasteiger partial charge in [-0.2, -0.15) is 0 Å². The molecule has 9 heteroatoms. The molecule has 0 aliphatic rings. The Hall–Kier alpha value is -4.16. The molecule has 2 aromatic carbocycles. The molecule has 0 fully saturated rings. The minimum absolute atomic E-state index is 0.125. The highest BCUT2D eigenvalue weighted by Crippen LogP contribution is 2.25. The predicted molar refractivity (Wildman–Crippen MR) is 126 cm³/mol. The predicted octanol–water partition coefficient (Wildman–Crippen LogP) is 3.40. The molecule has 0 radical (unpaired) electrons. The number of terminal acetylenes is 1. The molecule has 0 aliphatic carbocycles. The quantitative estimate of drug-likeness (QED) is 0.319. The Morgan fingerprint density at radius 2 is 1.94 bits per heavy atom. The van der Waals surface area contributed by atoms with Crippen molar-refractivity contribution in [3.05, 3.63) is 78.4 Å². The number of nitrogens with zero attached hydrogens (tertiary/aromatic N) is 3. The van der Waals surface area contributed by atoms with E-state index in [1.54, 1.807) is 66.2 Å². The van der Waals surface area contributed by atoms with Crippen molar-refractivity contribution in [3.63, 3.8) is 0 Å². The largest absolute Gasteiger partial charge is 0.497 e. The molecule has 2 heterocycles. The van der Waals surface area contributed by atoms with E-state index < -0.39 is 10.0 Å². The zero-order valence-corrected chi connectivity index (χ0v) is 18.5. The standard InChI is InChI=1S/C24H20N4O4S/c1-3-4-14-33(30,31)27-19-7-5-6-18(15-19)21-12-13-25-24-22(26-16-28(21)24)23(29)17-8-10-20(32-2)11-9-17/h1,5-13,15-16,27H,4,14H2,2H3. The van der Waals surface area contributed by atoms with Crippen LogP contribution in [0.2, 0.25) is 0 Å². The Balaban J connectivity index is 1.68. The molecule has 33 heavy (non-hydrogen) atoms. The normalized spacial score (nSPS) is 11.2. The van der Waals surface area contributed by atoms with Crippen molar-refractivity contribution < 1.29 is 17.9 Å². The number of rotatable bonds is 8. The molecule has 0 spiro atoms. The number of ketones is 1. The van der Waals surface area contributed by atoms with Crippen LogP contribution >= 0.6 is 0 Å². The highest BCUT2D eigenvalue weighted by atomic mass is 32.2. The second-order valence-electron chi connectivity index (χ2n) is 7.13. The van der Waals surface area contributed by atoms with Gasteiger partial charge >= 0.3 is 0 Å². The number of nitrogens with one attached hydrogen (secondary N) is 1. The molecule has 0 amide bonds. The number of fused-ring (bicyclic) bond motifs is 1. The maximum Gasteiger partial charge on any atom is 0.233 e. The lowest BCUT2D eigenvalue weighted by Gasteiger charge is -2.10. The number of methoxy groups -OCH3 is 1. The number of carbonyl (C=O) groups is 1. The number of sulfonamides is 1. The second-order valence-corrected chi connectivity index (χ2v) is 8.97. The third-order valence-corrected chi connectivity index (χ3v) is 6.23. The van der Waals surface area contributed by atoms with Gasteiger partial charge in [0.1, 0.15) is 12.1 Å². The number of anilines is 1. The minimum Gasteiger partial charge on any atom is -0.497 e. The summed E-state index contributed by atoms with van der Waals surface area (Å²) in [5, 5.41) is 0. The fourth-order valence-corrected chi connectivity index (χ4v) is 4.32. The van der Waals surface area contributed by atoms with Crippen LogP contribution in [0.25, 0.3) is 16.9 Å². The van der Waals surface area contributed by atoms with Crippen LogP contribution in [0.1, 0.15) is 22.5 Å². The van der Waals surface area contributed by atoms with Gasteiger partial charge in [-0.15, -0.1) is 12.3 Å². The van der Waals surface area contributed by atoms with Crippen molar-refractivity contribution in [1.82, 2.24) is 14.4 Å². The Morgan fingerprint density at radius 3 is 2.67 bits per heavy atom. The van der Waals surface area contributed by atoms with Crippen molar-refractivity contribution in [2.45, 2.75) is 6.42 Å². The van der Waals surface area contributed by atoms with Crippen molar-refractivity contribution >= 4 is 27.1 Å². The monoisotopic (exact) mass is 460 g/mol. The van der Waals surface area contributed by atoms with Gasteiger partial charge in [-0.25, -0.2) is 18.4 Å². The Bertz CT molecular complexity index is 1470. The summed E-state index contributed by atoms with van der Waals surface area (Å²) in [6.07, 6.45) is 8.40. The van der Waals surface area contributed by atoms with Crippen molar-refractivity contribution in [3.8, 4) is 29.4 Å². The van der Waals surface area contributed by atoms with Crippen LogP contribution in [0.15, 0.2) is 67.1 Å². The Morgan fingerprint density at radius 1 is 1.15 bits per heavy atom. The lowest BCUT2D eigenvalue weighted by Crippen LogP contribution is -2.16. The lowest BCUT2D eigenvalue weighted by atomic mass is 10.1. The van der Waals surface area contributed by atoms with E-state index in [9.17, 15) is 13.2 Å². The topological polar surface area (TPSA) is 103 Å². The number of hydrogen-bond acceptors (Lipinski definition) is 6. The van der Waals surface area contributed by atoms with Crippen LogP contribution in [-0.2, 0) is 10.0 Å². The van der Waals surface area contributed by atoms with Crippen molar-refractivity contribution in [2.24, 2.45) is 0 Å². The molecule has 0 unspecified atom stereocenters.